The molecule has 0 aliphatic carbocycles. The van der Waals surface area contributed by atoms with E-state index in [1.807, 2.05) is 16.7 Å². The maximum Gasteiger partial charge on any atom is 0.339 e. The molecule has 0 spiro atoms. The van der Waals surface area contributed by atoms with E-state index in [2.05, 4.69) is 4.98 Å². The van der Waals surface area contributed by atoms with E-state index in [0.717, 1.165) is 10.7 Å². The Morgan fingerprint density at radius 1 is 1.21 bits per heavy atom. The minimum absolute atomic E-state index is 0.124. The van der Waals surface area contributed by atoms with Crippen molar-refractivity contribution in [2.45, 2.75) is 13.3 Å². The molecule has 3 heterocycles. The van der Waals surface area contributed by atoms with E-state index in [1.165, 1.54) is 23.5 Å². The van der Waals surface area contributed by atoms with Gasteiger partial charge in [0.15, 0.2) is 4.96 Å². The van der Waals surface area contributed by atoms with E-state index in [1.54, 1.807) is 18.3 Å². The van der Waals surface area contributed by atoms with Crippen LogP contribution in [-0.4, -0.2) is 32.2 Å². The quantitative estimate of drug-likeness (QED) is 0.681. The highest BCUT2D eigenvalue weighted by atomic mass is 32.1. The second-order valence-corrected chi connectivity index (χ2v) is 6.19. The van der Waals surface area contributed by atoms with Crippen LogP contribution in [0.25, 0.3) is 4.96 Å². The summed E-state index contributed by atoms with van der Waals surface area (Å²) < 4.78 is 1.87. The number of aryl methyl sites for hydroxylation is 1. The summed E-state index contributed by atoms with van der Waals surface area (Å²) in [5, 5.41) is 2.47. The second-order valence-electron chi connectivity index (χ2n) is 5.35. The molecular formula is C16H11N3O4S. The normalized spacial score (nSPS) is 13.6. The van der Waals surface area contributed by atoms with Gasteiger partial charge >= 0.3 is 5.97 Å². The third-order valence-electron chi connectivity index (χ3n) is 3.71. The number of imide groups is 1. The summed E-state index contributed by atoms with van der Waals surface area (Å²) in [6.45, 7) is 1.94. The molecular weight excluding hydrogens is 330 g/mol. The predicted molar refractivity (Wildman–Crippen MR) is 84.5 cm³/mol. The van der Waals surface area contributed by atoms with E-state index in [9.17, 15) is 14.4 Å². The molecule has 0 fully saturated rings. The van der Waals surface area contributed by atoms with Gasteiger partial charge in [-0.2, -0.15) is 0 Å². The average Bonchev–Trinajstić information content (AvgIpc) is 3.19. The van der Waals surface area contributed by atoms with E-state index in [-0.39, 0.29) is 17.5 Å². The van der Waals surface area contributed by atoms with Crippen molar-refractivity contribution in [3.63, 3.8) is 0 Å². The number of imidazole rings is 1. The van der Waals surface area contributed by atoms with Gasteiger partial charge in [0.2, 0.25) is 0 Å². The molecule has 3 aromatic rings. The van der Waals surface area contributed by atoms with E-state index in [0.29, 0.717) is 10.8 Å². The molecule has 0 saturated heterocycles. The third kappa shape index (κ3) is 2.19. The van der Waals surface area contributed by atoms with E-state index < -0.39 is 17.8 Å². The molecule has 2 aromatic heterocycles. The second kappa shape index (κ2) is 5.27. The van der Waals surface area contributed by atoms with Gasteiger partial charge in [-0.1, -0.05) is 17.2 Å². The zero-order chi connectivity index (χ0) is 16.8. The lowest BCUT2D eigenvalue weighted by molar-refractivity contribution is -0.167. The van der Waals surface area contributed by atoms with Crippen molar-refractivity contribution in [1.82, 2.24) is 14.4 Å². The first-order valence-corrected chi connectivity index (χ1v) is 8.03. The van der Waals surface area contributed by atoms with Crippen LogP contribution in [0.5, 0.6) is 0 Å². The Morgan fingerprint density at radius 2 is 1.88 bits per heavy atom. The number of amides is 2. The number of benzene rings is 1. The van der Waals surface area contributed by atoms with Crippen LogP contribution in [0.3, 0.4) is 0 Å². The Hall–Kier alpha value is -3.00. The molecule has 0 atom stereocenters. The van der Waals surface area contributed by atoms with Crippen molar-refractivity contribution < 1.29 is 19.2 Å². The summed E-state index contributed by atoms with van der Waals surface area (Å²) in [5.74, 6) is -1.98. The van der Waals surface area contributed by atoms with Gasteiger partial charge in [0.05, 0.1) is 23.2 Å². The first kappa shape index (κ1) is 14.6. The number of thiazole rings is 1. The highest BCUT2D eigenvalue weighted by Crippen LogP contribution is 2.23. The van der Waals surface area contributed by atoms with E-state index >= 15 is 0 Å². The van der Waals surface area contributed by atoms with Crippen LogP contribution >= 0.6 is 11.3 Å². The highest BCUT2D eigenvalue weighted by Gasteiger charge is 2.38. The van der Waals surface area contributed by atoms with Crippen molar-refractivity contribution in [2.24, 2.45) is 0 Å². The smallest absolute Gasteiger partial charge is 0.329 e. The topological polar surface area (TPSA) is 81.0 Å². The van der Waals surface area contributed by atoms with Gasteiger partial charge < -0.3 is 4.84 Å². The van der Waals surface area contributed by atoms with Crippen molar-refractivity contribution in [3.8, 4) is 0 Å². The maximum absolute atomic E-state index is 12.1. The zero-order valence-corrected chi connectivity index (χ0v) is 13.4. The fourth-order valence-electron chi connectivity index (χ4n) is 2.56. The minimum Gasteiger partial charge on any atom is -0.329 e. The lowest BCUT2D eigenvalue weighted by Crippen LogP contribution is -2.33. The summed E-state index contributed by atoms with van der Waals surface area (Å²) in [7, 11) is 0. The van der Waals surface area contributed by atoms with Crippen molar-refractivity contribution >= 4 is 34.1 Å². The van der Waals surface area contributed by atoms with Crippen molar-refractivity contribution in [2.75, 3.05) is 0 Å². The zero-order valence-electron chi connectivity index (χ0n) is 12.6. The lowest BCUT2D eigenvalue weighted by Gasteiger charge is -2.11. The predicted octanol–water partition coefficient (Wildman–Crippen LogP) is 2.00. The Balaban J connectivity index is 1.50. The number of hydrogen-bond acceptors (Lipinski definition) is 6. The SMILES string of the molecule is Cc1csc2nc(CC(=O)ON3C(=O)c4ccccc4C3=O)cn12. The van der Waals surface area contributed by atoms with Gasteiger partial charge in [0.25, 0.3) is 11.8 Å². The average molecular weight is 341 g/mol. The summed E-state index contributed by atoms with van der Waals surface area (Å²) >= 11 is 1.47. The molecule has 0 N–H and O–H groups in total. The first-order chi connectivity index (χ1) is 11.5. The summed E-state index contributed by atoms with van der Waals surface area (Å²) in [6, 6.07) is 6.34. The Morgan fingerprint density at radius 3 is 2.50 bits per heavy atom. The number of aromatic nitrogens is 2. The molecule has 8 heteroatoms. The lowest BCUT2D eigenvalue weighted by atomic mass is 10.1. The van der Waals surface area contributed by atoms with E-state index in [4.69, 9.17) is 4.84 Å². The van der Waals surface area contributed by atoms with Gasteiger partial charge in [-0.05, 0) is 19.1 Å². The monoisotopic (exact) mass is 341 g/mol. The van der Waals surface area contributed by atoms with Crippen LogP contribution in [-0.2, 0) is 16.1 Å². The minimum atomic E-state index is -0.715. The molecule has 0 unspecified atom stereocenters. The number of hydroxylamine groups is 2. The van der Waals surface area contributed by atoms with Gasteiger partial charge in [-0.15, -0.1) is 11.3 Å². The number of carbonyl (C=O) groups is 3. The fourth-order valence-corrected chi connectivity index (χ4v) is 3.43. The summed E-state index contributed by atoms with van der Waals surface area (Å²) in [6.07, 6.45) is 1.62. The Labute approximate surface area is 140 Å². The Bertz CT molecular complexity index is 969. The number of nitrogens with zero attached hydrogens (tertiary/aromatic N) is 3. The molecule has 7 nitrogen and oxygen atoms in total. The number of fused-ring (bicyclic) bond motifs is 2. The summed E-state index contributed by atoms with van der Waals surface area (Å²) in [4.78, 5) is 46.4. The molecule has 0 saturated carbocycles. The number of hydrogen-bond donors (Lipinski definition) is 0. The van der Waals surface area contributed by atoms with Crippen LogP contribution in [0.1, 0.15) is 32.1 Å². The highest BCUT2D eigenvalue weighted by molar-refractivity contribution is 7.15. The standard InChI is InChI=1S/C16H11N3O4S/c1-9-8-24-16-17-10(7-18(9)16)6-13(20)23-19-14(21)11-4-2-3-5-12(11)15(19)22/h2-5,7-8H,6H2,1H3. The largest absolute Gasteiger partial charge is 0.339 e. The molecule has 2 amide bonds. The Kier molecular flexibility index (Phi) is 3.20. The van der Waals surface area contributed by atoms with Gasteiger partial charge in [0.1, 0.15) is 0 Å². The third-order valence-corrected chi connectivity index (χ3v) is 4.67. The molecule has 1 aliphatic rings. The molecule has 120 valence electrons. The van der Waals surface area contributed by atoms with Crippen LogP contribution in [0.2, 0.25) is 0 Å². The van der Waals surface area contributed by atoms with Crippen LogP contribution in [0, 0.1) is 6.92 Å². The summed E-state index contributed by atoms with van der Waals surface area (Å²) in [5.41, 5.74) is 2.00. The van der Waals surface area contributed by atoms with Crippen molar-refractivity contribution in [1.29, 1.82) is 0 Å². The molecule has 0 bridgehead atoms. The first-order valence-electron chi connectivity index (χ1n) is 7.15. The van der Waals surface area contributed by atoms with Gasteiger partial charge in [-0.3, -0.25) is 14.0 Å². The molecule has 0 radical (unpaired) electrons. The van der Waals surface area contributed by atoms with Gasteiger partial charge in [0, 0.05) is 17.3 Å². The fraction of sp³-hybridized carbons (Fsp3) is 0.125. The molecule has 1 aliphatic heterocycles. The number of rotatable bonds is 3. The molecule has 24 heavy (non-hydrogen) atoms. The van der Waals surface area contributed by atoms with Crippen LogP contribution in [0.4, 0.5) is 0 Å². The maximum atomic E-state index is 12.1. The van der Waals surface area contributed by atoms with Crippen LogP contribution in [0.15, 0.2) is 35.8 Å². The van der Waals surface area contributed by atoms with Gasteiger partial charge in [-0.25, -0.2) is 9.78 Å². The molecule has 1 aromatic carbocycles. The molecule has 4 rings (SSSR count). The van der Waals surface area contributed by atoms with Crippen LogP contribution < -0.4 is 0 Å². The van der Waals surface area contributed by atoms with Crippen molar-refractivity contribution in [3.05, 3.63) is 58.4 Å². The number of carbonyl (C=O) groups excluding carboxylic acids is 3.